The van der Waals surface area contributed by atoms with Gasteiger partial charge in [0.1, 0.15) is 0 Å². The Morgan fingerprint density at radius 2 is 1.80 bits per heavy atom. The van der Waals surface area contributed by atoms with Gasteiger partial charge in [0.05, 0.1) is 6.54 Å². The molecule has 0 radical (unpaired) electrons. The second-order valence-electron chi connectivity index (χ2n) is 1.52. The molecule has 0 aliphatic heterocycles. The zero-order chi connectivity index (χ0) is 7.28. The van der Waals surface area contributed by atoms with Gasteiger partial charge in [-0.25, -0.2) is 0 Å². The van der Waals surface area contributed by atoms with Gasteiger partial charge in [-0.05, 0) is 0 Å². The van der Waals surface area contributed by atoms with Gasteiger partial charge in [0, 0.05) is 6.42 Å². The Kier molecular flexibility index (Phi) is 7.25. The summed E-state index contributed by atoms with van der Waals surface area (Å²) in [5.41, 5.74) is 14.7. The summed E-state index contributed by atoms with van der Waals surface area (Å²) in [6.45, 7) is 0.275. The van der Waals surface area contributed by atoms with E-state index in [2.05, 4.69) is 4.99 Å². The molecule has 0 atom stereocenters. The smallest absolute Gasteiger partial charge is 0.219 e. The average molecular weight is 167 g/mol. The molecule has 0 aromatic carbocycles. The Bertz CT molecular complexity index is 131. The normalized spacial score (nSPS) is 7.60. The Hall–Kier alpha value is -0.970. The van der Waals surface area contributed by atoms with Crippen molar-refractivity contribution < 1.29 is 4.79 Å². The van der Waals surface area contributed by atoms with E-state index in [-0.39, 0.29) is 31.3 Å². The molecule has 0 rings (SSSR count). The van der Waals surface area contributed by atoms with Crippen LogP contribution in [0.25, 0.3) is 0 Å². The van der Waals surface area contributed by atoms with E-state index in [1.54, 1.807) is 0 Å². The third-order valence-electron chi connectivity index (χ3n) is 0.653. The van der Waals surface area contributed by atoms with Gasteiger partial charge in [0.15, 0.2) is 5.96 Å². The number of primary amides is 1. The molecule has 6 N–H and O–H groups in total. The number of amides is 1. The lowest BCUT2D eigenvalue weighted by molar-refractivity contribution is -0.117. The number of carbonyl (C=O) groups excluding carboxylic acids is 1. The summed E-state index contributed by atoms with van der Waals surface area (Å²) in [4.78, 5) is 13.6. The zero-order valence-electron chi connectivity index (χ0n) is 5.41. The maximum absolute atomic E-state index is 10.1. The van der Waals surface area contributed by atoms with Crippen molar-refractivity contribution in [2.24, 2.45) is 22.2 Å². The van der Waals surface area contributed by atoms with Crippen molar-refractivity contribution in [3.05, 3.63) is 0 Å². The van der Waals surface area contributed by atoms with E-state index in [1.807, 2.05) is 0 Å². The highest BCUT2D eigenvalue weighted by atomic mass is 35.5. The van der Waals surface area contributed by atoms with Crippen molar-refractivity contribution in [1.82, 2.24) is 0 Å². The second-order valence-corrected chi connectivity index (χ2v) is 1.52. The molecule has 0 aliphatic carbocycles. The lowest BCUT2D eigenvalue weighted by Gasteiger charge is -1.89. The summed E-state index contributed by atoms with van der Waals surface area (Å²) in [6, 6.07) is 0. The maximum atomic E-state index is 10.1. The van der Waals surface area contributed by atoms with Crippen LogP contribution in [-0.2, 0) is 4.79 Å². The highest BCUT2D eigenvalue weighted by molar-refractivity contribution is 5.85. The minimum atomic E-state index is -0.403. The second kappa shape index (κ2) is 6.15. The number of hydrogen-bond donors (Lipinski definition) is 3. The van der Waals surface area contributed by atoms with Crippen molar-refractivity contribution in [2.75, 3.05) is 6.54 Å². The van der Waals surface area contributed by atoms with Crippen LogP contribution in [0.5, 0.6) is 0 Å². The lowest BCUT2D eigenvalue weighted by Crippen LogP contribution is -2.23. The number of carbonyl (C=O) groups is 1. The van der Waals surface area contributed by atoms with E-state index in [4.69, 9.17) is 17.2 Å². The minimum Gasteiger partial charge on any atom is -0.370 e. The third kappa shape index (κ3) is 10.1. The molecule has 0 heterocycles. The topological polar surface area (TPSA) is 107 Å². The number of halogens is 1. The van der Waals surface area contributed by atoms with E-state index >= 15 is 0 Å². The molecule has 0 unspecified atom stereocenters. The van der Waals surface area contributed by atoms with Crippen molar-refractivity contribution in [1.29, 1.82) is 0 Å². The minimum absolute atomic E-state index is 0. The summed E-state index contributed by atoms with van der Waals surface area (Å²) in [5, 5.41) is 0. The average Bonchev–Trinajstić information content (AvgIpc) is 1.63. The molecule has 0 aliphatic rings. The molecule has 1 amide bonds. The molecule has 10 heavy (non-hydrogen) atoms. The number of aliphatic imine (C=N–C) groups is 1. The summed E-state index contributed by atoms with van der Waals surface area (Å²) in [6.07, 6.45) is 0.192. The number of rotatable bonds is 3. The van der Waals surface area contributed by atoms with Crippen molar-refractivity contribution in [3.8, 4) is 0 Å². The van der Waals surface area contributed by atoms with Gasteiger partial charge in [-0.15, -0.1) is 12.4 Å². The fraction of sp³-hybridized carbons (Fsp3) is 0.500. The van der Waals surface area contributed by atoms with Crippen LogP contribution in [0, 0.1) is 0 Å². The quantitative estimate of drug-likeness (QED) is 0.353. The van der Waals surface area contributed by atoms with Crippen LogP contribution in [0.3, 0.4) is 0 Å². The van der Waals surface area contributed by atoms with Gasteiger partial charge in [0.25, 0.3) is 0 Å². The first-order valence-electron chi connectivity index (χ1n) is 2.46. The monoisotopic (exact) mass is 166 g/mol. The standard InChI is InChI=1S/C4H10N4O.ClH/c5-3(9)1-2-8-4(6)7;/h1-2H2,(H2,5,9)(H4,6,7,8);1H. The molecule has 6 heteroatoms. The van der Waals surface area contributed by atoms with Crippen LogP contribution in [0.15, 0.2) is 4.99 Å². The number of nitrogens with zero attached hydrogens (tertiary/aromatic N) is 1. The molecule has 0 bridgehead atoms. The van der Waals surface area contributed by atoms with Gasteiger partial charge >= 0.3 is 0 Å². The molecule has 0 fully saturated rings. The van der Waals surface area contributed by atoms with E-state index in [0.717, 1.165) is 0 Å². The third-order valence-corrected chi connectivity index (χ3v) is 0.653. The van der Waals surface area contributed by atoms with Gasteiger partial charge in [-0.2, -0.15) is 0 Å². The van der Waals surface area contributed by atoms with Crippen LogP contribution in [0.4, 0.5) is 0 Å². The summed E-state index contributed by atoms with van der Waals surface area (Å²) in [5.74, 6) is -0.420. The predicted octanol–water partition coefficient (Wildman–Crippen LogP) is -1.44. The van der Waals surface area contributed by atoms with E-state index in [1.165, 1.54) is 0 Å². The summed E-state index contributed by atoms with van der Waals surface area (Å²) in [7, 11) is 0. The Balaban J connectivity index is 0. The molecule has 0 saturated carbocycles. The highest BCUT2D eigenvalue weighted by Gasteiger charge is 1.89. The van der Waals surface area contributed by atoms with Crippen LogP contribution in [-0.4, -0.2) is 18.4 Å². The lowest BCUT2D eigenvalue weighted by atomic mass is 10.4. The fourth-order valence-corrected chi connectivity index (χ4v) is 0.295. The first-order chi connectivity index (χ1) is 4.13. The number of guanidine groups is 1. The zero-order valence-corrected chi connectivity index (χ0v) is 6.23. The van der Waals surface area contributed by atoms with Crippen molar-refractivity contribution >= 4 is 24.3 Å². The Morgan fingerprint density at radius 1 is 1.30 bits per heavy atom. The Labute approximate surface area is 65.1 Å². The molecular formula is C4H11ClN4O. The highest BCUT2D eigenvalue weighted by Crippen LogP contribution is 1.76. The van der Waals surface area contributed by atoms with Crippen LogP contribution in [0.2, 0.25) is 0 Å². The molecule has 0 aromatic heterocycles. The first kappa shape index (κ1) is 11.8. The SMILES string of the molecule is Cl.NC(=O)CCN=C(N)N. The molecule has 0 spiro atoms. The number of nitrogens with two attached hydrogens (primary N) is 3. The van der Waals surface area contributed by atoms with E-state index < -0.39 is 5.91 Å². The van der Waals surface area contributed by atoms with E-state index in [9.17, 15) is 4.79 Å². The van der Waals surface area contributed by atoms with Crippen LogP contribution < -0.4 is 17.2 Å². The van der Waals surface area contributed by atoms with E-state index in [0.29, 0.717) is 0 Å². The Morgan fingerprint density at radius 3 is 2.10 bits per heavy atom. The number of hydrogen-bond acceptors (Lipinski definition) is 2. The van der Waals surface area contributed by atoms with Crippen molar-refractivity contribution in [3.63, 3.8) is 0 Å². The summed E-state index contributed by atoms with van der Waals surface area (Å²) < 4.78 is 0. The van der Waals surface area contributed by atoms with Gasteiger partial charge in [0.2, 0.25) is 5.91 Å². The molecule has 5 nitrogen and oxygen atoms in total. The van der Waals surface area contributed by atoms with Crippen LogP contribution >= 0.6 is 12.4 Å². The molecular weight excluding hydrogens is 156 g/mol. The van der Waals surface area contributed by atoms with Gasteiger partial charge in [-0.3, -0.25) is 9.79 Å². The largest absolute Gasteiger partial charge is 0.370 e. The maximum Gasteiger partial charge on any atom is 0.219 e. The van der Waals surface area contributed by atoms with Crippen molar-refractivity contribution in [2.45, 2.75) is 6.42 Å². The molecule has 60 valence electrons. The van der Waals surface area contributed by atoms with Crippen LogP contribution in [0.1, 0.15) is 6.42 Å². The summed E-state index contributed by atoms with van der Waals surface area (Å²) >= 11 is 0. The van der Waals surface area contributed by atoms with Gasteiger partial charge in [-0.1, -0.05) is 0 Å². The predicted molar refractivity (Wildman–Crippen MR) is 41.7 cm³/mol. The molecule has 0 saturated heterocycles. The molecule has 0 aromatic rings. The fourth-order valence-electron chi connectivity index (χ4n) is 0.295. The first-order valence-corrected chi connectivity index (χ1v) is 2.46. The van der Waals surface area contributed by atoms with Gasteiger partial charge < -0.3 is 17.2 Å².